The van der Waals surface area contributed by atoms with Crippen LogP contribution in [0.25, 0.3) is 0 Å². The zero-order valence-corrected chi connectivity index (χ0v) is 10.3. The average molecular weight is 246 g/mol. The summed E-state index contributed by atoms with van der Waals surface area (Å²) in [7, 11) is 0. The van der Waals surface area contributed by atoms with Crippen molar-refractivity contribution in [2.75, 3.05) is 5.73 Å². The van der Waals surface area contributed by atoms with Gasteiger partial charge in [0.15, 0.2) is 0 Å². The quantitative estimate of drug-likeness (QED) is 0.856. The number of nitrogens with zero attached hydrogens (tertiary/aromatic N) is 1. The maximum Gasteiger partial charge on any atom is 0.129 e. The molecule has 1 atom stereocenters. The van der Waals surface area contributed by atoms with Gasteiger partial charge in [-0.2, -0.15) is 0 Å². The van der Waals surface area contributed by atoms with Crippen molar-refractivity contribution in [3.8, 4) is 0 Å². The van der Waals surface area contributed by atoms with Gasteiger partial charge in [0.1, 0.15) is 17.7 Å². The molecule has 3 N–H and O–H groups in total. The number of aliphatic hydroxyl groups excluding tert-OH is 1. The van der Waals surface area contributed by atoms with Gasteiger partial charge in [0.2, 0.25) is 0 Å². The molecule has 0 aliphatic carbocycles. The molecule has 1 unspecified atom stereocenters. The third-order valence-electron chi connectivity index (χ3n) is 2.76. The van der Waals surface area contributed by atoms with Gasteiger partial charge >= 0.3 is 0 Å². The van der Waals surface area contributed by atoms with E-state index < -0.39 is 6.10 Å². The Labute approximate surface area is 105 Å². The third kappa shape index (κ3) is 2.49. The van der Waals surface area contributed by atoms with Gasteiger partial charge < -0.3 is 10.8 Å². The maximum absolute atomic E-state index is 13.3. The van der Waals surface area contributed by atoms with Crippen LogP contribution in [-0.4, -0.2) is 10.1 Å². The molecule has 0 aliphatic heterocycles. The summed E-state index contributed by atoms with van der Waals surface area (Å²) in [4.78, 5) is 3.99. The number of aryl methyl sites for hydroxylation is 2. The minimum atomic E-state index is -0.966. The number of pyridine rings is 1. The Morgan fingerprint density at radius 2 is 1.89 bits per heavy atom. The van der Waals surface area contributed by atoms with Crippen LogP contribution in [-0.2, 0) is 0 Å². The van der Waals surface area contributed by atoms with Crippen molar-refractivity contribution < 1.29 is 9.50 Å². The van der Waals surface area contributed by atoms with Gasteiger partial charge in [-0.15, -0.1) is 0 Å². The summed E-state index contributed by atoms with van der Waals surface area (Å²) >= 11 is 0. The summed E-state index contributed by atoms with van der Waals surface area (Å²) in [5.41, 5.74) is 8.37. The standard InChI is InChI=1S/C14H15FN2O/c1-8-3-10(6-11(15)4-8)13(18)12-5-9(2)7-17-14(12)16/h3-7,13,18H,1-2H3,(H2,16,17). The van der Waals surface area contributed by atoms with E-state index in [1.54, 1.807) is 25.3 Å². The minimum Gasteiger partial charge on any atom is -0.384 e. The van der Waals surface area contributed by atoms with Gasteiger partial charge in [0.25, 0.3) is 0 Å². The van der Waals surface area contributed by atoms with Crippen molar-refractivity contribution in [3.63, 3.8) is 0 Å². The molecule has 0 aliphatic rings. The molecule has 94 valence electrons. The second-order valence-corrected chi connectivity index (χ2v) is 4.45. The molecule has 2 aromatic rings. The van der Waals surface area contributed by atoms with Crippen LogP contribution in [0.15, 0.2) is 30.5 Å². The van der Waals surface area contributed by atoms with Crippen molar-refractivity contribution in [1.29, 1.82) is 0 Å². The Hall–Kier alpha value is -1.94. The number of anilines is 1. The van der Waals surface area contributed by atoms with Crippen LogP contribution in [0.4, 0.5) is 10.2 Å². The first kappa shape index (κ1) is 12.5. The van der Waals surface area contributed by atoms with Crippen molar-refractivity contribution in [2.45, 2.75) is 20.0 Å². The van der Waals surface area contributed by atoms with E-state index in [4.69, 9.17) is 5.73 Å². The number of halogens is 1. The summed E-state index contributed by atoms with van der Waals surface area (Å²) in [6.45, 7) is 3.64. The number of aliphatic hydroxyl groups is 1. The van der Waals surface area contributed by atoms with Crippen LogP contribution >= 0.6 is 0 Å². The highest BCUT2D eigenvalue weighted by Gasteiger charge is 2.15. The first-order valence-corrected chi connectivity index (χ1v) is 5.64. The molecule has 0 saturated carbocycles. The van der Waals surface area contributed by atoms with Gasteiger partial charge in [0, 0.05) is 11.8 Å². The molecule has 0 fully saturated rings. The fourth-order valence-electron chi connectivity index (χ4n) is 1.92. The second-order valence-electron chi connectivity index (χ2n) is 4.45. The van der Waals surface area contributed by atoms with Crippen LogP contribution in [0.5, 0.6) is 0 Å². The Bertz CT molecular complexity index is 564. The smallest absolute Gasteiger partial charge is 0.129 e. The van der Waals surface area contributed by atoms with E-state index in [0.717, 1.165) is 11.1 Å². The summed E-state index contributed by atoms with van der Waals surface area (Å²) in [5, 5.41) is 10.3. The van der Waals surface area contributed by atoms with Crippen LogP contribution in [0, 0.1) is 19.7 Å². The van der Waals surface area contributed by atoms with E-state index in [-0.39, 0.29) is 11.6 Å². The normalized spacial score (nSPS) is 12.4. The number of nitrogens with two attached hydrogens (primary N) is 1. The van der Waals surface area contributed by atoms with Crippen molar-refractivity contribution >= 4 is 5.82 Å². The van der Waals surface area contributed by atoms with Gasteiger partial charge in [-0.05, 0) is 48.7 Å². The highest BCUT2D eigenvalue weighted by molar-refractivity contribution is 5.46. The minimum absolute atomic E-state index is 0.259. The topological polar surface area (TPSA) is 59.1 Å². The highest BCUT2D eigenvalue weighted by atomic mass is 19.1. The fourth-order valence-corrected chi connectivity index (χ4v) is 1.92. The molecule has 0 spiro atoms. The van der Waals surface area contributed by atoms with E-state index in [9.17, 15) is 9.50 Å². The first-order chi connectivity index (χ1) is 8.47. The Kier molecular flexibility index (Phi) is 3.30. The Morgan fingerprint density at radius 1 is 1.17 bits per heavy atom. The van der Waals surface area contributed by atoms with Crippen LogP contribution in [0.1, 0.15) is 28.4 Å². The summed E-state index contributed by atoms with van der Waals surface area (Å²) in [6, 6.07) is 6.20. The monoisotopic (exact) mass is 246 g/mol. The van der Waals surface area contributed by atoms with Crippen LogP contribution in [0.3, 0.4) is 0 Å². The molecule has 18 heavy (non-hydrogen) atoms. The van der Waals surface area contributed by atoms with Crippen molar-refractivity contribution in [1.82, 2.24) is 4.98 Å². The van der Waals surface area contributed by atoms with Crippen molar-refractivity contribution in [3.05, 3.63) is 58.5 Å². The Morgan fingerprint density at radius 3 is 2.56 bits per heavy atom. The molecule has 3 nitrogen and oxygen atoms in total. The van der Waals surface area contributed by atoms with Gasteiger partial charge in [-0.1, -0.05) is 6.07 Å². The molecule has 0 bridgehead atoms. The molecule has 0 radical (unpaired) electrons. The molecule has 2 rings (SSSR count). The largest absolute Gasteiger partial charge is 0.384 e. The number of rotatable bonds is 2. The molecule has 1 aromatic carbocycles. The van der Waals surface area contributed by atoms with Gasteiger partial charge in [0.05, 0.1) is 0 Å². The van der Waals surface area contributed by atoms with E-state index >= 15 is 0 Å². The van der Waals surface area contributed by atoms with E-state index in [1.165, 1.54) is 12.1 Å². The SMILES string of the molecule is Cc1cc(F)cc(C(O)c2cc(C)cnc2N)c1. The molecule has 1 aromatic heterocycles. The third-order valence-corrected chi connectivity index (χ3v) is 2.76. The van der Waals surface area contributed by atoms with E-state index in [2.05, 4.69) is 4.98 Å². The Balaban J connectivity index is 2.47. The van der Waals surface area contributed by atoms with Crippen LogP contribution < -0.4 is 5.73 Å². The lowest BCUT2D eigenvalue weighted by molar-refractivity contribution is 0.220. The summed E-state index contributed by atoms with van der Waals surface area (Å²) < 4.78 is 13.3. The zero-order valence-electron chi connectivity index (χ0n) is 10.3. The molecular weight excluding hydrogens is 231 g/mol. The van der Waals surface area contributed by atoms with Crippen molar-refractivity contribution in [2.24, 2.45) is 0 Å². The highest BCUT2D eigenvalue weighted by Crippen LogP contribution is 2.27. The van der Waals surface area contributed by atoms with Crippen LogP contribution in [0.2, 0.25) is 0 Å². The van der Waals surface area contributed by atoms with E-state index in [1.807, 2.05) is 6.92 Å². The van der Waals surface area contributed by atoms with Gasteiger partial charge in [-0.3, -0.25) is 0 Å². The molecule has 1 heterocycles. The molecule has 4 heteroatoms. The summed E-state index contributed by atoms with van der Waals surface area (Å²) in [6.07, 6.45) is 0.661. The first-order valence-electron chi connectivity index (χ1n) is 5.64. The predicted octanol–water partition coefficient (Wildman–Crippen LogP) is 2.50. The molecular formula is C14H15FN2O. The zero-order chi connectivity index (χ0) is 13.3. The number of aromatic nitrogens is 1. The molecule has 0 saturated heterocycles. The fraction of sp³-hybridized carbons (Fsp3) is 0.214. The summed E-state index contributed by atoms with van der Waals surface area (Å²) in [5.74, 6) is -0.113. The lowest BCUT2D eigenvalue weighted by Gasteiger charge is -2.14. The van der Waals surface area contributed by atoms with Gasteiger partial charge in [-0.25, -0.2) is 9.37 Å². The number of benzene rings is 1. The predicted molar refractivity (Wildman–Crippen MR) is 68.6 cm³/mol. The lowest BCUT2D eigenvalue weighted by atomic mass is 9.99. The second kappa shape index (κ2) is 4.74. The van der Waals surface area contributed by atoms with E-state index in [0.29, 0.717) is 11.1 Å². The number of nitrogen functional groups attached to an aromatic ring is 1. The number of hydrogen-bond acceptors (Lipinski definition) is 3. The maximum atomic E-state index is 13.3. The number of hydrogen-bond donors (Lipinski definition) is 2. The lowest BCUT2D eigenvalue weighted by Crippen LogP contribution is -2.06. The average Bonchev–Trinajstić information content (AvgIpc) is 2.30. The molecule has 0 amide bonds.